The summed E-state index contributed by atoms with van der Waals surface area (Å²) in [6.07, 6.45) is 1.23. The Bertz CT molecular complexity index is 476. The van der Waals surface area contributed by atoms with Crippen LogP contribution in [0, 0.1) is 12.7 Å². The van der Waals surface area contributed by atoms with Crippen molar-refractivity contribution in [1.29, 1.82) is 0 Å². The number of rotatable bonds is 3. The van der Waals surface area contributed by atoms with E-state index in [2.05, 4.69) is 10.6 Å². The number of aryl methyl sites for hydroxylation is 1. The molecule has 1 aliphatic heterocycles. The Balaban J connectivity index is 0.00000200. The zero-order chi connectivity index (χ0) is 13.9. The van der Waals surface area contributed by atoms with Crippen LogP contribution in [0.25, 0.3) is 0 Å². The molecule has 4 nitrogen and oxygen atoms in total. The third kappa shape index (κ3) is 3.48. The second-order valence-corrected chi connectivity index (χ2v) is 4.87. The van der Waals surface area contributed by atoms with Crippen LogP contribution in [0.4, 0.5) is 10.1 Å². The number of amides is 1. The highest BCUT2D eigenvalue weighted by Gasteiger charge is 2.39. The van der Waals surface area contributed by atoms with E-state index in [0.717, 1.165) is 13.1 Å². The summed E-state index contributed by atoms with van der Waals surface area (Å²) in [5.41, 5.74) is 0.205. The molecule has 1 aromatic rings. The van der Waals surface area contributed by atoms with E-state index in [4.69, 9.17) is 4.74 Å². The van der Waals surface area contributed by atoms with Crippen LogP contribution in [0.5, 0.6) is 0 Å². The van der Waals surface area contributed by atoms with Crippen LogP contribution >= 0.6 is 12.4 Å². The molecule has 1 saturated heterocycles. The summed E-state index contributed by atoms with van der Waals surface area (Å²) in [7, 11) is 1.54. The summed E-state index contributed by atoms with van der Waals surface area (Å²) in [4.78, 5) is 12.3. The van der Waals surface area contributed by atoms with Gasteiger partial charge in [0.2, 0.25) is 0 Å². The van der Waals surface area contributed by atoms with Crippen LogP contribution in [0.2, 0.25) is 0 Å². The number of hydrogen-bond donors (Lipinski definition) is 2. The molecule has 0 spiro atoms. The van der Waals surface area contributed by atoms with Crippen LogP contribution in [0.1, 0.15) is 18.4 Å². The second kappa shape index (κ2) is 7.02. The van der Waals surface area contributed by atoms with Crippen LogP contribution in [-0.2, 0) is 9.53 Å². The van der Waals surface area contributed by atoms with Crippen molar-refractivity contribution in [2.45, 2.75) is 25.4 Å². The summed E-state index contributed by atoms with van der Waals surface area (Å²) >= 11 is 0. The van der Waals surface area contributed by atoms with Gasteiger partial charge in [-0.3, -0.25) is 4.79 Å². The number of hydrogen-bond acceptors (Lipinski definition) is 3. The molecule has 1 fully saturated rings. The van der Waals surface area contributed by atoms with Crippen LogP contribution in [0.3, 0.4) is 0 Å². The first-order valence-electron chi connectivity index (χ1n) is 6.41. The Kier molecular flexibility index (Phi) is 5.92. The summed E-state index contributed by atoms with van der Waals surface area (Å²) in [6, 6.07) is 4.67. The highest BCUT2D eigenvalue weighted by molar-refractivity contribution is 5.97. The molecule has 0 unspecified atom stereocenters. The van der Waals surface area contributed by atoms with E-state index >= 15 is 0 Å². The molecule has 0 saturated carbocycles. The van der Waals surface area contributed by atoms with Crippen molar-refractivity contribution in [3.63, 3.8) is 0 Å². The van der Waals surface area contributed by atoms with Crippen molar-refractivity contribution in [3.8, 4) is 0 Å². The molecule has 1 aliphatic rings. The number of anilines is 1. The number of benzene rings is 1. The number of carbonyl (C=O) groups excluding carboxylic acids is 1. The van der Waals surface area contributed by atoms with Crippen LogP contribution in [-0.4, -0.2) is 31.7 Å². The maximum Gasteiger partial charge on any atom is 0.256 e. The highest BCUT2D eigenvalue weighted by Crippen LogP contribution is 2.25. The van der Waals surface area contributed by atoms with E-state index in [9.17, 15) is 9.18 Å². The third-order valence-corrected chi connectivity index (χ3v) is 3.65. The molecule has 112 valence electrons. The van der Waals surface area contributed by atoms with E-state index in [1.54, 1.807) is 26.2 Å². The van der Waals surface area contributed by atoms with E-state index in [1.807, 2.05) is 0 Å². The van der Waals surface area contributed by atoms with Gasteiger partial charge in [-0.25, -0.2) is 4.39 Å². The zero-order valence-corrected chi connectivity index (χ0v) is 12.5. The Labute approximate surface area is 124 Å². The van der Waals surface area contributed by atoms with Crippen molar-refractivity contribution in [1.82, 2.24) is 5.32 Å². The Hall–Kier alpha value is -1.17. The normalized spacial score (nSPS) is 17.1. The van der Waals surface area contributed by atoms with Crippen molar-refractivity contribution >= 4 is 24.0 Å². The molecule has 1 aromatic carbocycles. The first-order chi connectivity index (χ1) is 9.07. The summed E-state index contributed by atoms with van der Waals surface area (Å²) < 4.78 is 18.9. The molecule has 1 heterocycles. The topological polar surface area (TPSA) is 50.4 Å². The Morgan fingerprint density at radius 2 is 2.05 bits per heavy atom. The van der Waals surface area contributed by atoms with Crippen molar-refractivity contribution in [2.75, 3.05) is 25.5 Å². The van der Waals surface area contributed by atoms with Gasteiger partial charge in [-0.1, -0.05) is 6.07 Å². The van der Waals surface area contributed by atoms with Gasteiger partial charge in [-0.05, 0) is 50.6 Å². The first kappa shape index (κ1) is 16.9. The van der Waals surface area contributed by atoms with Crippen molar-refractivity contribution in [2.24, 2.45) is 0 Å². The van der Waals surface area contributed by atoms with Crippen LogP contribution in [0.15, 0.2) is 18.2 Å². The lowest BCUT2D eigenvalue weighted by molar-refractivity contribution is -0.140. The molecular formula is C14H20ClFN2O2. The predicted molar refractivity (Wildman–Crippen MR) is 78.9 cm³/mol. The monoisotopic (exact) mass is 302 g/mol. The fourth-order valence-corrected chi connectivity index (χ4v) is 2.27. The van der Waals surface area contributed by atoms with Crippen molar-refractivity contribution in [3.05, 3.63) is 29.6 Å². The maximum absolute atomic E-state index is 13.5. The molecule has 0 radical (unpaired) electrons. The van der Waals surface area contributed by atoms with Gasteiger partial charge < -0.3 is 15.4 Å². The minimum absolute atomic E-state index is 0. The second-order valence-electron chi connectivity index (χ2n) is 4.87. The molecule has 2 rings (SSSR count). The molecule has 0 bridgehead atoms. The minimum Gasteiger partial charge on any atom is -0.368 e. The van der Waals surface area contributed by atoms with Gasteiger partial charge in [0.05, 0.1) is 0 Å². The number of carbonyl (C=O) groups is 1. The number of methoxy groups -OCH3 is 1. The van der Waals surface area contributed by atoms with E-state index in [-0.39, 0.29) is 24.1 Å². The van der Waals surface area contributed by atoms with E-state index < -0.39 is 5.60 Å². The lowest BCUT2D eigenvalue weighted by atomic mass is 9.91. The van der Waals surface area contributed by atoms with Gasteiger partial charge in [-0.2, -0.15) is 0 Å². The Morgan fingerprint density at radius 3 is 2.60 bits per heavy atom. The lowest BCUT2D eigenvalue weighted by Gasteiger charge is -2.34. The molecule has 20 heavy (non-hydrogen) atoms. The fraction of sp³-hybridized carbons (Fsp3) is 0.500. The summed E-state index contributed by atoms with van der Waals surface area (Å²) in [5, 5.41) is 5.93. The number of ether oxygens (including phenoxy) is 1. The zero-order valence-electron chi connectivity index (χ0n) is 11.7. The predicted octanol–water partition coefficient (Wildman–Crippen LogP) is 2.26. The molecular weight excluding hydrogens is 283 g/mol. The SMILES string of the molecule is COC1(C(=O)Nc2ccc(C)c(F)c2)CCNCC1.Cl. The largest absolute Gasteiger partial charge is 0.368 e. The van der Waals surface area contributed by atoms with Gasteiger partial charge in [0.1, 0.15) is 11.4 Å². The average molecular weight is 303 g/mol. The Morgan fingerprint density at radius 1 is 1.40 bits per heavy atom. The van der Waals surface area contributed by atoms with Gasteiger partial charge >= 0.3 is 0 Å². The van der Waals surface area contributed by atoms with Gasteiger partial charge in [0.25, 0.3) is 5.91 Å². The molecule has 2 N–H and O–H groups in total. The van der Waals surface area contributed by atoms with Gasteiger partial charge in [-0.15, -0.1) is 12.4 Å². The van der Waals surface area contributed by atoms with Gasteiger partial charge in [0.15, 0.2) is 0 Å². The lowest BCUT2D eigenvalue weighted by Crippen LogP contribution is -2.51. The fourth-order valence-electron chi connectivity index (χ4n) is 2.27. The first-order valence-corrected chi connectivity index (χ1v) is 6.41. The van der Waals surface area contributed by atoms with E-state index in [0.29, 0.717) is 24.1 Å². The average Bonchev–Trinajstić information content (AvgIpc) is 2.43. The quantitative estimate of drug-likeness (QED) is 0.900. The molecule has 0 aliphatic carbocycles. The summed E-state index contributed by atoms with van der Waals surface area (Å²) in [6.45, 7) is 3.16. The molecule has 1 amide bonds. The van der Waals surface area contributed by atoms with Gasteiger partial charge in [0, 0.05) is 12.8 Å². The molecule has 0 aromatic heterocycles. The van der Waals surface area contributed by atoms with E-state index in [1.165, 1.54) is 6.07 Å². The maximum atomic E-state index is 13.5. The highest BCUT2D eigenvalue weighted by atomic mass is 35.5. The standard InChI is InChI=1S/C14H19FN2O2.ClH/c1-10-3-4-11(9-12(10)15)17-13(18)14(19-2)5-7-16-8-6-14;/h3-4,9,16H,5-8H2,1-2H3,(H,17,18);1H. The third-order valence-electron chi connectivity index (χ3n) is 3.65. The summed E-state index contributed by atoms with van der Waals surface area (Å²) in [5.74, 6) is -0.533. The molecule has 0 atom stereocenters. The number of piperidine rings is 1. The number of nitrogens with one attached hydrogen (secondary N) is 2. The number of halogens is 2. The van der Waals surface area contributed by atoms with Crippen molar-refractivity contribution < 1.29 is 13.9 Å². The minimum atomic E-state index is -0.813. The molecule has 6 heteroatoms. The van der Waals surface area contributed by atoms with Crippen LogP contribution < -0.4 is 10.6 Å². The smallest absolute Gasteiger partial charge is 0.256 e.